The van der Waals surface area contributed by atoms with Gasteiger partial charge in [0.05, 0.1) is 19.2 Å². The number of alkyl halides is 1. The summed E-state index contributed by atoms with van der Waals surface area (Å²) in [5, 5.41) is 14.2. The van der Waals surface area contributed by atoms with Crippen molar-refractivity contribution in [3.63, 3.8) is 0 Å². The zero-order chi connectivity index (χ0) is 34.4. The number of benzene rings is 1. The number of nitrogens with zero attached hydrogens (tertiary/aromatic N) is 4. The average Bonchev–Trinajstić information content (AvgIpc) is 3.41. The Kier molecular flexibility index (Phi) is 16.6. The average molecular weight is 641 g/mol. The number of unbranched alkanes of at least 4 members (excludes halogenated alkanes) is 2. The van der Waals surface area contributed by atoms with Gasteiger partial charge in [-0.15, -0.1) is 0 Å². The summed E-state index contributed by atoms with van der Waals surface area (Å²) in [6.45, 7) is 20.4. The molecule has 1 aromatic heterocycles. The number of amidine groups is 1. The minimum atomic E-state index is -1.27. The van der Waals surface area contributed by atoms with E-state index in [9.17, 15) is 14.3 Å². The van der Waals surface area contributed by atoms with Crippen LogP contribution in [0, 0.1) is 32.1 Å². The van der Waals surface area contributed by atoms with Crippen LogP contribution in [0.5, 0.6) is 0 Å². The number of rotatable bonds is 8. The second-order valence-corrected chi connectivity index (χ2v) is 14.4. The summed E-state index contributed by atoms with van der Waals surface area (Å²) >= 11 is 0. The Hall–Kier alpha value is -2.54. The molecule has 2 fully saturated rings. The lowest BCUT2D eigenvalue weighted by atomic mass is 10.0. The maximum atomic E-state index is 13.9. The van der Waals surface area contributed by atoms with Gasteiger partial charge in [-0.3, -0.25) is 14.5 Å². The van der Waals surface area contributed by atoms with E-state index >= 15 is 0 Å². The first-order valence-corrected chi connectivity index (χ1v) is 17.9. The minimum absolute atomic E-state index is 0.0636. The Labute approximate surface area is 280 Å². The number of carbonyl (C=O) groups excluding carboxylic acids is 1. The largest absolute Gasteiger partial charge is 0.390 e. The number of likely N-dealkylation sites (tertiary alicyclic amines) is 1. The summed E-state index contributed by atoms with van der Waals surface area (Å²) in [4.78, 5) is 17.7. The number of Topliss-reactive ketones (excluding diaryl/α,β-unsaturated/α-hetero) is 1. The van der Waals surface area contributed by atoms with Crippen molar-refractivity contribution in [1.82, 2.24) is 14.7 Å². The number of fused-ring (bicyclic) bond motifs is 1. The molecule has 2 heterocycles. The molecule has 0 bridgehead atoms. The van der Waals surface area contributed by atoms with Crippen molar-refractivity contribution >= 4 is 11.6 Å². The molecular formula is C39H65FN4O2. The maximum Gasteiger partial charge on any atom is 0.151 e. The Morgan fingerprint density at radius 2 is 1.78 bits per heavy atom. The van der Waals surface area contributed by atoms with Crippen LogP contribution < -0.4 is 0 Å². The van der Waals surface area contributed by atoms with Gasteiger partial charge < -0.3 is 10.0 Å². The predicted octanol–water partition coefficient (Wildman–Crippen LogP) is 8.77. The molecule has 46 heavy (non-hydrogen) atoms. The predicted molar refractivity (Wildman–Crippen MR) is 192 cm³/mol. The monoisotopic (exact) mass is 641 g/mol. The highest BCUT2D eigenvalue weighted by Gasteiger charge is 2.34. The van der Waals surface area contributed by atoms with Crippen LogP contribution in [0.3, 0.4) is 0 Å². The van der Waals surface area contributed by atoms with Gasteiger partial charge in [0.1, 0.15) is 11.9 Å². The molecule has 1 aromatic carbocycles. The molecule has 0 amide bonds. The second kappa shape index (κ2) is 19.3. The van der Waals surface area contributed by atoms with E-state index in [2.05, 4.69) is 83.7 Å². The molecule has 2 unspecified atom stereocenters. The molecule has 1 aliphatic heterocycles. The fraction of sp³-hybridized carbons (Fsp3) is 0.718. The number of aliphatic hydroxyl groups excluding tert-OH is 1. The minimum Gasteiger partial charge on any atom is -0.390 e. The van der Waals surface area contributed by atoms with E-state index in [1.807, 2.05) is 4.90 Å². The van der Waals surface area contributed by atoms with Crippen molar-refractivity contribution in [3.8, 4) is 0 Å². The lowest BCUT2D eigenvalue weighted by Crippen LogP contribution is -2.47. The molecular weight excluding hydrogens is 575 g/mol. The molecule has 2 atom stereocenters. The number of hydrogen-bond donors (Lipinski definition) is 1. The number of aryl methyl sites for hydroxylation is 2. The van der Waals surface area contributed by atoms with E-state index in [1.165, 1.54) is 61.6 Å². The number of aromatic nitrogens is 2. The van der Waals surface area contributed by atoms with Crippen molar-refractivity contribution < 1.29 is 14.3 Å². The van der Waals surface area contributed by atoms with Gasteiger partial charge >= 0.3 is 0 Å². The zero-order valence-electron chi connectivity index (χ0n) is 30.9. The van der Waals surface area contributed by atoms with Gasteiger partial charge in [0.25, 0.3) is 0 Å². The third-order valence-electron chi connectivity index (χ3n) is 9.83. The van der Waals surface area contributed by atoms with Gasteiger partial charge in [-0.05, 0) is 94.2 Å². The Morgan fingerprint density at radius 1 is 1.13 bits per heavy atom. The van der Waals surface area contributed by atoms with Gasteiger partial charge in [0.2, 0.25) is 0 Å². The Bertz CT molecular complexity index is 1230. The summed E-state index contributed by atoms with van der Waals surface area (Å²) in [6, 6.07) is 6.38. The van der Waals surface area contributed by atoms with E-state index in [0.29, 0.717) is 18.8 Å². The summed E-state index contributed by atoms with van der Waals surface area (Å²) in [5.74, 6) is 1.63. The lowest BCUT2D eigenvalue weighted by Gasteiger charge is -2.34. The highest BCUT2D eigenvalue weighted by Crippen LogP contribution is 2.47. The van der Waals surface area contributed by atoms with Crippen LogP contribution in [0.2, 0.25) is 0 Å². The SMILES string of the molecule is CCC1(C)CC1.CCCCCC(C)C.CN=C(c1nn(CC(C)=O)c2c1CCC2)N1CCC(O)C(F)C1.Cc1cccc(C)c1C. The normalized spacial score (nSPS) is 19.7. The fourth-order valence-electron chi connectivity index (χ4n) is 5.78. The van der Waals surface area contributed by atoms with Crippen molar-refractivity contribution in [2.75, 3.05) is 20.1 Å². The highest BCUT2D eigenvalue weighted by molar-refractivity contribution is 5.98. The van der Waals surface area contributed by atoms with Gasteiger partial charge in [-0.25, -0.2) is 4.39 Å². The molecule has 0 radical (unpaired) electrons. The van der Waals surface area contributed by atoms with Crippen LogP contribution in [0.25, 0.3) is 0 Å². The topological polar surface area (TPSA) is 70.7 Å². The van der Waals surface area contributed by atoms with Gasteiger partial charge in [-0.1, -0.05) is 84.9 Å². The van der Waals surface area contributed by atoms with E-state index in [4.69, 9.17) is 0 Å². The zero-order valence-corrected chi connectivity index (χ0v) is 30.9. The Balaban J connectivity index is 0.000000261. The first-order valence-electron chi connectivity index (χ1n) is 17.9. The molecule has 1 saturated carbocycles. The van der Waals surface area contributed by atoms with Crippen LogP contribution in [0.4, 0.5) is 4.39 Å². The number of carbonyl (C=O) groups is 1. The third-order valence-corrected chi connectivity index (χ3v) is 9.83. The molecule has 260 valence electrons. The molecule has 2 aliphatic carbocycles. The number of hydrogen-bond acceptors (Lipinski definition) is 4. The van der Waals surface area contributed by atoms with Crippen LogP contribution in [-0.4, -0.2) is 63.8 Å². The lowest BCUT2D eigenvalue weighted by molar-refractivity contribution is -0.117. The number of ketones is 1. The van der Waals surface area contributed by atoms with Crippen LogP contribution >= 0.6 is 0 Å². The van der Waals surface area contributed by atoms with Crippen molar-refractivity contribution in [1.29, 1.82) is 0 Å². The standard InChI is InChI=1S/C16H23FN4O2.C9H12.C8H18.C6H12/c1-10(22)8-21-13-5-3-4-11(13)15(19-21)16(18-2)20-7-6-14(23)12(17)9-20;1-7-5-4-6-8(2)9(7)3;1-4-5-6-7-8(2)3;1-3-6(2)4-5-6/h12,14,23H,3-9H2,1-2H3;4-6H,1-3H3;8H,4-7H2,1-3H3;3-5H2,1-2H3. The van der Waals surface area contributed by atoms with Crippen molar-refractivity contribution in [3.05, 3.63) is 51.8 Å². The molecule has 1 saturated heterocycles. The molecule has 6 nitrogen and oxygen atoms in total. The summed E-state index contributed by atoms with van der Waals surface area (Å²) < 4.78 is 15.6. The van der Waals surface area contributed by atoms with Crippen LogP contribution in [0.1, 0.15) is 133 Å². The van der Waals surface area contributed by atoms with E-state index in [0.717, 1.165) is 47.5 Å². The quantitative estimate of drug-likeness (QED) is 0.178. The summed E-state index contributed by atoms with van der Waals surface area (Å²) in [5.41, 5.74) is 7.98. The molecule has 5 rings (SSSR count). The smallest absolute Gasteiger partial charge is 0.151 e. The fourth-order valence-corrected chi connectivity index (χ4v) is 5.78. The molecule has 2 aromatic rings. The molecule has 7 heteroatoms. The molecule has 3 aliphatic rings. The van der Waals surface area contributed by atoms with E-state index in [-0.39, 0.29) is 18.9 Å². The third kappa shape index (κ3) is 12.6. The maximum absolute atomic E-state index is 13.9. The number of halogens is 1. The Morgan fingerprint density at radius 3 is 2.24 bits per heavy atom. The molecule has 0 spiro atoms. The first-order chi connectivity index (χ1) is 21.8. The van der Waals surface area contributed by atoms with Crippen LogP contribution in [-0.2, 0) is 24.2 Å². The van der Waals surface area contributed by atoms with E-state index < -0.39 is 12.3 Å². The highest BCUT2D eigenvalue weighted by atomic mass is 19.1. The van der Waals surface area contributed by atoms with Gasteiger partial charge in [0.15, 0.2) is 11.6 Å². The van der Waals surface area contributed by atoms with Crippen molar-refractivity contribution in [2.24, 2.45) is 16.3 Å². The summed E-state index contributed by atoms with van der Waals surface area (Å²) in [7, 11) is 1.68. The van der Waals surface area contributed by atoms with E-state index in [1.54, 1.807) is 18.7 Å². The first kappa shape index (κ1) is 39.6. The number of piperidine rings is 1. The van der Waals surface area contributed by atoms with Gasteiger partial charge in [0, 0.05) is 24.8 Å². The number of aliphatic hydroxyl groups is 1. The van der Waals surface area contributed by atoms with Crippen molar-refractivity contribution in [2.45, 2.75) is 152 Å². The number of aliphatic imine (C=N–C) groups is 1. The van der Waals surface area contributed by atoms with Crippen LogP contribution in [0.15, 0.2) is 23.2 Å². The summed E-state index contributed by atoms with van der Waals surface area (Å²) in [6.07, 6.45) is 11.0. The van der Waals surface area contributed by atoms with Gasteiger partial charge in [-0.2, -0.15) is 5.10 Å². The second-order valence-electron chi connectivity index (χ2n) is 14.4. The molecule has 1 N–H and O–H groups in total.